The Kier molecular flexibility index (Phi) is 6.79. The van der Waals surface area contributed by atoms with Gasteiger partial charge in [-0.3, -0.25) is 9.36 Å². The van der Waals surface area contributed by atoms with E-state index in [1.54, 1.807) is 24.3 Å². The molecule has 0 unspecified atom stereocenters. The Balaban J connectivity index is 1.87. The third kappa shape index (κ3) is 4.78. The molecule has 1 aliphatic heterocycles. The first-order valence-electron chi connectivity index (χ1n) is 10.5. The average molecular weight is 470 g/mol. The maximum Gasteiger partial charge on any atom is 0.387 e. The third-order valence-electron chi connectivity index (χ3n) is 5.28. The van der Waals surface area contributed by atoms with E-state index in [1.165, 1.54) is 28.0 Å². The first-order valence-corrected chi connectivity index (χ1v) is 11.3. The number of alkyl halides is 2. The molecule has 0 aliphatic carbocycles. The van der Waals surface area contributed by atoms with Crippen LogP contribution in [0.4, 0.5) is 8.78 Å². The highest BCUT2D eigenvalue weighted by atomic mass is 32.1. The summed E-state index contributed by atoms with van der Waals surface area (Å²) in [5.41, 5.74) is 0.660. The smallest absolute Gasteiger partial charge is 0.387 e. The molecule has 0 spiro atoms. The summed E-state index contributed by atoms with van der Waals surface area (Å²) in [4.78, 5) is 13.1. The summed E-state index contributed by atoms with van der Waals surface area (Å²) in [6, 6.07) is 8.22. The lowest BCUT2D eigenvalue weighted by Gasteiger charge is -2.06. The van der Waals surface area contributed by atoms with Crippen molar-refractivity contribution in [2.45, 2.75) is 45.4 Å². The molecule has 0 fully saturated rings. The van der Waals surface area contributed by atoms with Gasteiger partial charge in [-0.15, -0.1) is 28.1 Å². The van der Waals surface area contributed by atoms with Crippen molar-refractivity contribution in [1.29, 1.82) is 5.26 Å². The van der Waals surface area contributed by atoms with E-state index in [2.05, 4.69) is 27.6 Å². The highest BCUT2D eigenvalue weighted by Crippen LogP contribution is 2.18. The van der Waals surface area contributed by atoms with Crippen LogP contribution in [-0.2, 0) is 19.5 Å². The van der Waals surface area contributed by atoms with Crippen LogP contribution in [0.2, 0.25) is 0 Å². The SMILES string of the molecule is C=CCn1c(=O)/c(=C\c2ccc(OC(F)F)cc2)s/c1=C(/C#N)c1nnc2n1CCCCC2. The van der Waals surface area contributed by atoms with Crippen LogP contribution in [0.3, 0.4) is 0 Å². The molecule has 0 amide bonds. The molecule has 33 heavy (non-hydrogen) atoms. The summed E-state index contributed by atoms with van der Waals surface area (Å²) in [6.07, 6.45) is 7.15. The molecule has 0 saturated heterocycles. The number of hydrogen-bond acceptors (Lipinski definition) is 6. The third-order valence-corrected chi connectivity index (χ3v) is 6.41. The maximum absolute atomic E-state index is 13.1. The zero-order chi connectivity index (χ0) is 23.4. The Hall–Kier alpha value is -3.58. The quantitative estimate of drug-likeness (QED) is 0.518. The van der Waals surface area contributed by atoms with Gasteiger partial charge in [0, 0.05) is 19.5 Å². The van der Waals surface area contributed by atoms with Crippen LogP contribution < -0.4 is 19.5 Å². The zero-order valence-electron chi connectivity index (χ0n) is 17.7. The van der Waals surface area contributed by atoms with Crippen molar-refractivity contribution in [1.82, 2.24) is 19.3 Å². The monoisotopic (exact) mass is 469 g/mol. The highest BCUT2D eigenvalue weighted by Gasteiger charge is 2.20. The molecular weight excluding hydrogens is 448 g/mol. The minimum absolute atomic E-state index is 0.0330. The van der Waals surface area contributed by atoms with Crippen molar-refractivity contribution in [2.24, 2.45) is 0 Å². The fourth-order valence-corrected chi connectivity index (χ4v) is 4.87. The lowest BCUT2D eigenvalue weighted by atomic mass is 10.2. The molecule has 3 aromatic rings. The predicted molar refractivity (Wildman–Crippen MR) is 120 cm³/mol. The van der Waals surface area contributed by atoms with Crippen molar-refractivity contribution in [3.05, 3.63) is 73.7 Å². The van der Waals surface area contributed by atoms with E-state index in [-0.39, 0.29) is 17.9 Å². The first-order chi connectivity index (χ1) is 16.0. The largest absolute Gasteiger partial charge is 0.435 e. The molecule has 2 aromatic heterocycles. The fraction of sp³-hybridized carbons (Fsp3) is 0.304. The number of rotatable bonds is 6. The van der Waals surface area contributed by atoms with Gasteiger partial charge >= 0.3 is 6.61 Å². The van der Waals surface area contributed by atoms with Crippen molar-refractivity contribution in [2.75, 3.05) is 0 Å². The second kappa shape index (κ2) is 9.92. The number of benzene rings is 1. The van der Waals surface area contributed by atoms with Gasteiger partial charge in [-0.2, -0.15) is 14.0 Å². The summed E-state index contributed by atoms with van der Waals surface area (Å²) in [5.74, 6) is 1.35. The normalized spacial score (nSPS) is 15.0. The Morgan fingerprint density at radius 1 is 1.27 bits per heavy atom. The van der Waals surface area contributed by atoms with E-state index in [0.29, 0.717) is 26.2 Å². The zero-order valence-corrected chi connectivity index (χ0v) is 18.5. The second-order valence-corrected chi connectivity index (χ2v) is 8.49. The predicted octanol–water partition coefficient (Wildman–Crippen LogP) is 2.57. The minimum Gasteiger partial charge on any atom is -0.435 e. The van der Waals surface area contributed by atoms with Gasteiger partial charge in [0.15, 0.2) is 5.82 Å². The molecule has 7 nitrogen and oxygen atoms in total. The molecule has 170 valence electrons. The number of allylic oxidation sites excluding steroid dienone is 1. The number of thiazole rings is 1. The number of fused-ring (bicyclic) bond motifs is 1. The van der Waals surface area contributed by atoms with Gasteiger partial charge in [0.2, 0.25) is 0 Å². The molecule has 1 aromatic carbocycles. The summed E-state index contributed by atoms with van der Waals surface area (Å²) < 4.78 is 33.5. The Morgan fingerprint density at radius 3 is 2.76 bits per heavy atom. The van der Waals surface area contributed by atoms with E-state index in [9.17, 15) is 18.8 Å². The van der Waals surface area contributed by atoms with Crippen molar-refractivity contribution >= 4 is 23.0 Å². The van der Waals surface area contributed by atoms with Gasteiger partial charge in [-0.25, -0.2) is 0 Å². The van der Waals surface area contributed by atoms with Crippen LogP contribution in [-0.4, -0.2) is 25.9 Å². The number of aromatic nitrogens is 4. The minimum atomic E-state index is -2.90. The first kappa shape index (κ1) is 22.6. The van der Waals surface area contributed by atoms with Gasteiger partial charge in [0.05, 0.1) is 4.53 Å². The highest BCUT2D eigenvalue weighted by molar-refractivity contribution is 7.07. The number of halogens is 2. The summed E-state index contributed by atoms with van der Waals surface area (Å²) in [7, 11) is 0. The number of ether oxygens (including phenoxy) is 1. The van der Waals surface area contributed by atoms with Gasteiger partial charge < -0.3 is 9.30 Å². The molecule has 10 heteroatoms. The van der Waals surface area contributed by atoms with E-state index in [0.717, 1.165) is 38.1 Å². The number of aryl methyl sites for hydroxylation is 1. The molecule has 0 saturated carbocycles. The average Bonchev–Trinajstić information content (AvgIpc) is 3.22. The molecule has 0 radical (unpaired) electrons. The Bertz CT molecular complexity index is 1380. The van der Waals surface area contributed by atoms with Crippen molar-refractivity contribution in [3.8, 4) is 11.8 Å². The molecule has 3 heterocycles. The van der Waals surface area contributed by atoms with Crippen molar-refractivity contribution in [3.63, 3.8) is 0 Å². The molecule has 0 N–H and O–H groups in total. The standard InChI is InChI=1S/C23H21F2N5O2S/c1-2-11-30-21(31)18(13-15-7-9-16(10-8-15)32-23(24)25)33-22(30)17(14-26)20-28-27-19-6-4-3-5-12-29(19)20/h2,7-10,13,23H,1,3-6,11-12H2/b18-13+,22-17-. The molecule has 4 rings (SSSR count). The molecule has 0 atom stereocenters. The van der Waals surface area contributed by atoms with Gasteiger partial charge in [-0.1, -0.05) is 24.6 Å². The maximum atomic E-state index is 13.1. The lowest BCUT2D eigenvalue weighted by Crippen LogP contribution is -2.32. The van der Waals surface area contributed by atoms with Gasteiger partial charge in [0.1, 0.15) is 27.9 Å². The number of nitriles is 1. The van der Waals surface area contributed by atoms with E-state index in [1.807, 2.05) is 4.57 Å². The van der Waals surface area contributed by atoms with Gasteiger partial charge in [0.25, 0.3) is 5.56 Å². The fourth-order valence-electron chi connectivity index (χ4n) is 3.76. The lowest BCUT2D eigenvalue weighted by molar-refractivity contribution is -0.0498. The number of nitrogens with zero attached hydrogens (tertiary/aromatic N) is 5. The van der Waals surface area contributed by atoms with E-state index in [4.69, 9.17) is 0 Å². The molecule has 0 bridgehead atoms. The Labute approximate surface area is 192 Å². The van der Waals surface area contributed by atoms with Crippen LogP contribution >= 0.6 is 11.3 Å². The Morgan fingerprint density at radius 2 is 2.06 bits per heavy atom. The second-order valence-electron chi connectivity index (χ2n) is 7.46. The number of hydrogen-bond donors (Lipinski definition) is 0. The van der Waals surface area contributed by atoms with E-state index >= 15 is 0 Å². The topological polar surface area (TPSA) is 85.7 Å². The summed E-state index contributed by atoms with van der Waals surface area (Å²) >= 11 is 1.18. The molecular formula is C23H21F2N5O2S. The van der Waals surface area contributed by atoms with Crippen LogP contribution in [0.1, 0.15) is 36.5 Å². The van der Waals surface area contributed by atoms with E-state index < -0.39 is 6.61 Å². The van der Waals surface area contributed by atoms with Crippen LogP contribution in [0.5, 0.6) is 5.75 Å². The van der Waals surface area contributed by atoms with Crippen LogP contribution in [0, 0.1) is 11.3 Å². The van der Waals surface area contributed by atoms with Crippen LogP contribution in [0.15, 0.2) is 41.7 Å². The molecule has 1 aliphatic rings. The summed E-state index contributed by atoms with van der Waals surface area (Å²) in [6.45, 7) is 1.78. The van der Waals surface area contributed by atoms with Crippen LogP contribution in [0.25, 0.3) is 11.6 Å². The summed E-state index contributed by atoms with van der Waals surface area (Å²) in [5, 5.41) is 18.6. The van der Waals surface area contributed by atoms with Gasteiger partial charge in [-0.05, 0) is 36.6 Å². The van der Waals surface area contributed by atoms with Crippen molar-refractivity contribution < 1.29 is 13.5 Å².